The number of hydrogen-bond acceptors (Lipinski definition) is 3. The zero-order chi connectivity index (χ0) is 14.0. The van der Waals surface area contributed by atoms with Gasteiger partial charge in [0.15, 0.2) is 0 Å². The summed E-state index contributed by atoms with van der Waals surface area (Å²) in [6, 6.07) is 2.10. The number of aromatic nitrogens is 3. The molecular weight excluding hydrogens is 254 g/mol. The molecule has 19 heavy (non-hydrogen) atoms. The summed E-state index contributed by atoms with van der Waals surface area (Å²) in [5.74, 6) is -2.50. The highest BCUT2D eigenvalue weighted by atomic mass is 19.1. The molecule has 0 radical (unpaired) electrons. The molecule has 0 aliphatic rings. The maximum atomic E-state index is 13.3. The van der Waals surface area contributed by atoms with E-state index in [0.717, 1.165) is 12.1 Å². The number of nitrogens with zero attached hydrogens (tertiary/aromatic N) is 3. The SMILES string of the molecule is CCc1nn(C)cc1C(=O)Nc1ccc(F)nc1F. The summed E-state index contributed by atoms with van der Waals surface area (Å²) < 4.78 is 27.5. The number of halogens is 2. The molecular formula is C12H12F2N4O. The van der Waals surface area contributed by atoms with Crippen molar-refractivity contribution in [2.45, 2.75) is 13.3 Å². The lowest BCUT2D eigenvalue weighted by molar-refractivity contribution is 0.102. The molecule has 7 heteroatoms. The third-order valence-electron chi connectivity index (χ3n) is 2.55. The van der Waals surface area contributed by atoms with Crippen molar-refractivity contribution in [3.63, 3.8) is 0 Å². The van der Waals surface area contributed by atoms with E-state index in [2.05, 4.69) is 15.4 Å². The van der Waals surface area contributed by atoms with Gasteiger partial charge in [0.05, 0.1) is 16.9 Å². The molecule has 0 saturated carbocycles. The normalized spacial score (nSPS) is 10.5. The van der Waals surface area contributed by atoms with Crippen LogP contribution in [0.25, 0.3) is 0 Å². The number of nitrogens with one attached hydrogen (secondary N) is 1. The first kappa shape index (κ1) is 13.1. The first-order chi connectivity index (χ1) is 9.01. The summed E-state index contributed by atoms with van der Waals surface area (Å²) in [7, 11) is 1.69. The van der Waals surface area contributed by atoms with Gasteiger partial charge in [-0.25, -0.2) is 0 Å². The minimum Gasteiger partial charge on any atom is -0.318 e. The lowest BCUT2D eigenvalue weighted by Crippen LogP contribution is -2.14. The van der Waals surface area contributed by atoms with Gasteiger partial charge in [-0.2, -0.15) is 18.9 Å². The monoisotopic (exact) mass is 266 g/mol. The molecule has 100 valence electrons. The fourth-order valence-electron chi connectivity index (χ4n) is 1.68. The number of amides is 1. The highest BCUT2D eigenvalue weighted by Gasteiger charge is 2.16. The Bertz CT molecular complexity index is 624. The van der Waals surface area contributed by atoms with Crippen LogP contribution in [0.1, 0.15) is 23.0 Å². The van der Waals surface area contributed by atoms with E-state index in [9.17, 15) is 13.6 Å². The van der Waals surface area contributed by atoms with E-state index in [4.69, 9.17) is 0 Å². The van der Waals surface area contributed by atoms with Crippen molar-refractivity contribution in [1.82, 2.24) is 14.8 Å². The molecule has 0 aliphatic carbocycles. The maximum Gasteiger partial charge on any atom is 0.259 e. The van der Waals surface area contributed by atoms with E-state index in [1.807, 2.05) is 6.92 Å². The van der Waals surface area contributed by atoms with Gasteiger partial charge in [-0.15, -0.1) is 0 Å². The first-order valence-corrected chi connectivity index (χ1v) is 5.67. The summed E-state index contributed by atoms with van der Waals surface area (Å²) in [4.78, 5) is 15.0. The Morgan fingerprint density at radius 2 is 2.16 bits per heavy atom. The minimum atomic E-state index is -1.06. The van der Waals surface area contributed by atoms with Gasteiger partial charge in [-0.05, 0) is 18.6 Å². The molecule has 0 aliphatic heterocycles. The van der Waals surface area contributed by atoms with Crippen LogP contribution in [-0.4, -0.2) is 20.7 Å². The van der Waals surface area contributed by atoms with Crippen molar-refractivity contribution in [2.75, 3.05) is 5.32 Å². The van der Waals surface area contributed by atoms with Crippen LogP contribution in [0, 0.1) is 11.9 Å². The molecule has 2 aromatic rings. The van der Waals surface area contributed by atoms with Crippen molar-refractivity contribution in [2.24, 2.45) is 7.05 Å². The fraction of sp³-hybridized carbons (Fsp3) is 0.250. The maximum absolute atomic E-state index is 13.3. The average Bonchev–Trinajstić information content (AvgIpc) is 2.74. The van der Waals surface area contributed by atoms with Crippen molar-refractivity contribution >= 4 is 11.6 Å². The molecule has 2 heterocycles. The highest BCUT2D eigenvalue weighted by molar-refractivity contribution is 6.04. The molecule has 0 unspecified atom stereocenters. The van der Waals surface area contributed by atoms with Crippen LogP contribution in [-0.2, 0) is 13.5 Å². The topological polar surface area (TPSA) is 59.8 Å². The lowest BCUT2D eigenvalue weighted by Gasteiger charge is -2.05. The predicted molar refractivity (Wildman–Crippen MR) is 64.7 cm³/mol. The second kappa shape index (κ2) is 5.13. The Morgan fingerprint density at radius 3 is 2.79 bits per heavy atom. The van der Waals surface area contributed by atoms with Crippen LogP contribution in [0.15, 0.2) is 18.3 Å². The Kier molecular flexibility index (Phi) is 3.55. The van der Waals surface area contributed by atoms with E-state index in [-0.39, 0.29) is 5.69 Å². The van der Waals surface area contributed by atoms with E-state index in [1.165, 1.54) is 4.68 Å². The minimum absolute atomic E-state index is 0.169. The van der Waals surface area contributed by atoms with Gasteiger partial charge in [0.25, 0.3) is 5.91 Å². The summed E-state index contributed by atoms with van der Waals surface area (Å²) in [5, 5.41) is 6.46. The molecule has 0 aromatic carbocycles. The average molecular weight is 266 g/mol. The van der Waals surface area contributed by atoms with Gasteiger partial charge in [0, 0.05) is 13.2 Å². The molecule has 0 bridgehead atoms. The Balaban J connectivity index is 2.25. The number of carbonyl (C=O) groups excluding carboxylic acids is 1. The van der Waals surface area contributed by atoms with Crippen molar-refractivity contribution in [3.8, 4) is 0 Å². The number of aryl methyl sites for hydroxylation is 2. The van der Waals surface area contributed by atoms with Crippen LogP contribution < -0.4 is 5.32 Å². The smallest absolute Gasteiger partial charge is 0.259 e. The largest absolute Gasteiger partial charge is 0.318 e. The second-order valence-electron chi connectivity index (χ2n) is 3.94. The Labute approximate surface area is 108 Å². The van der Waals surface area contributed by atoms with Gasteiger partial charge in [-0.3, -0.25) is 9.48 Å². The number of rotatable bonds is 3. The number of carbonyl (C=O) groups is 1. The molecule has 0 atom stereocenters. The molecule has 1 N–H and O–H groups in total. The predicted octanol–water partition coefficient (Wildman–Crippen LogP) is 1.91. The van der Waals surface area contributed by atoms with Crippen LogP contribution in [0.3, 0.4) is 0 Å². The Morgan fingerprint density at radius 1 is 1.42 bits per heavy atom. The molecule has 0 spiro atoms. The molecule has 2 rings (SSSR count). The van der Waals surface area contributed by atoms with Gasteiger partial charge in [-0.1, -0.05) is 6.92 Å². The van der Waals surface area contributed by atoms with Crippen molar-refractivity contribution < 1.29 is 13.6 Å². The standard InChI is InChI=1S/C12H12F2N4O/c1-3-8-7(6-18(2)17-8)12(19)15-9-4-5-10(13)16-11(9)14/h4-6H,3H2,1-2H3,(H,15,19). The van der Waals surface area contributed by atoms with Gasteiger partial charge < -0.3 is 5.32 Å². The third kappa shape index (κ3) is 2.75. The van der Waals surface area contributed by atoms with E-state index in [1.54, 1.807) is 13.2 Å². The van der Waals surface area contributed by atoms with E-state index < -0.39 is 17.8 Å². The van der Waals surface area contributed by atoms with E-state index in [0.29, 0.717) is 17.7 Å². The number of anilines is 1. The van der Waals surface area contributed by atoms with Crippen LogP contribution in [0.4, 0.5) is 14.5 Å². The van der Waals surface area contributed by atoms with Gasteiger partial charge in [0.1, 0.15) is 0 Å². The highest BCUT2D eigenvalue weighted by Crippen LogP contribution is 2.15. The summed E-state index contributed by atoms with van der Waals surface area (Å²) in [6.07, 6.45) is 2.12. The Hall–Kier alpha value is -2.31. The lowest BCUT2D eigenvalue weighted by atomic mass is 10.2. The fourth-order valence-corrected chi connectivity index (χ4v) is 1.68. The first-order valence-electron chi connectivity index (χ1n) is 5.67. The molecule has 0 fully saturated rings. The second-order valence-corrected chi connectivity index (χ2v) is 3.94. The zero-order valence-corrected chi connectivity index (χ0v) is 10.4. The quantitative estimate of drug-likeness (QED) is 0.863. The van der Waals surface area contributed by atoms with Gasteiger partial charge >= 0.3 is 0 Å². The van der Waals surface area contributed by atoms with Crippen LogP contribution >= 0.6 is 0 Å². The summed E-state index contributed by atoms with van der Waals surface area (Å²) in [5.41, 5.74) is 0.793. The summed E-state index contributed by atoms with van der Waals surface area (Å²) >= 11 is 0. The van der Waals surface area contributed by atoms with Crippen LogP contribution in [0.5, 0.6) is 0 Å². The van der Waals surface area contributed by atoms with E-state index >= 15 is 0 Å². The van der Waals surface area contributed by atoms with Gasteiger partial charge in [0.2, 0.25) is 11.9 Å². The zero-order valence-electron chi connectivity index (χ0n) is 10.4. The molecule has 1 amide bonds. The molecule has 5 nitrogen and oxygen atoms in total. The van der Waals surface area contributed by atoms with Crippen molar-refractivity contribution in [3.05, 3.63) is 41.5 Å². The number of hydrogen-bond donors (Lipinski definition) is 1. The molecule has 2 aromatic heterocycles. The number of pyridine rings is 1. The molecule has 0 saturated heterocycles. The van der Waals surface area contributed by atoms with Crippen molar-refractivity contribution in [1.29, 1.82) is 0 Å². The third-order valence-corrected chi connectivity index (χ3v) is 2.55. The van der Waals surface area contributed by atoms with Crippen LogP contribution in [0.2, 0.25) is 0 Å². The summed E-state index contributed by atoms with van der Waals surface area (Å²) in [6.45, 7) is 1.86.